The third kappa shape index (κ3) is 3.85. The third-order valence-corrected chi connectivity index (χ3v) is 3.72. The summed E-state index contributed by atoms with van der Waals surface area (Å²) in [6.07, 6.45) is 0. The Balaban J connectivity index is 1.86. The summed E-state index contributed by atoms with van der Waals surface area (Å²) in [6.45, 7) is 5.78. The van der Waals surface area contributed by atoms with Crippen molar-refractivity contribution in [2.45, 2.75) is 6.92 Å². The average Bonchev–Trinajstić information content (AvgIpc) is 2.38. The summed E-state index contributed by atoms with van der Waals surface area (Å²) in [5, 5.41) is 3.77. The first-order valence-electron chi connectivity index (χ1n) is 6.52. The number of amides is 1. The molecule has 5 heteroatoms. The summed E-state index contributed by atoms with van der Waals surface area (Å²) in [5.41, 5.74) is 1.93. The van der Waals surface area contributed by atoms with Crippen molar-refractivity contribution >= 4 is 23.2 Å². The lowest BCUT2D eigenvalue weighted by atomic mass is 10.2. The van der Waals surface area contributed by atoms with Crippen molar-refractivity contribution in [2.24, 2.45) is 0 Å². The minimum atomic E-state index is 0.129. The van der Waals surface area contributed by atoms with Crippen LogP contribution >= 0.6 is 11.6 Å². The van der Waals surface area contributed by atoms with E-state index in [0.29, 0.717) is 11.6 Å². The number of anilines is 1. The molecule has 0 spiro atoms. The molecule has 1 saturated heterocycles. The lowest BCUT2D eigenvalue weighted by Crippen LogP contribution is -2.48. The van der Waals surface area contributed by atoms with Gasteiger partial charge in [0.2, 0.25) is 5.91 Å². The van der Waals surface area contributed by atoms with E-state index in [4.69, 9.17) is 11.6 Å². The fraction of sp³-hybridized carbons (Fsp3) is 0.500. The van der Waals surface area contributed by atoms with E-state index in [1.807, 2.05) is 30.0 Å². The summed E-state index contributed by atoms with van der Waals surface area (Å²) < 4.78 is 0. The average molecular weight is 282 g/mol. The van der Waals surface area contributed by atoms with Crippen LogP contribution in [0.1, 0.15) is 5.56 Å². The van der Waals surface area contributed by atoms with Crippen molar-refractivity contribution in [1.29, 1.82) is 0 Å². The molecule has 1 aromatic rings. The number of hydrogen-bond acceptors (Lipinski definition) is 3. The van der Waals surface area contributed by atoms with Gasteiger partial charge in [0.1, 0.15) is 0 Å². The fourth-order valence-electron chi connectivity index (χ4n) is 2.10. The van der Waals surface area contributed by atoms with Gasteiger partial charge in [-0.15, -0.1) is 0 Å². The third-order valence-electron chi connectivity index (χ3n) is 3.41. The molecule has 4 nitrogen and oxygen atoms in total. The van der Waals surface area contributed by atoms with Crippen molar-refractivity contribution in [3.8, 4) is 0 Å². The van der Waals surface area contributed by atoms with Crippen LogP contribution in [-0.2, 0) is 4.79 Å². The van der Waals surface area contributed by atoms with Gasteiger partial charge in [-0.2, -0.15) is 0 Å². The second-order valence-electron chi connectivity index (χ2n) is 5.02. The summed E-state index contributed by atoms with van der Waals surface area (Å²) in [4.78, 5) is 16.2. The maximum Gasteiger partial charge on any atom is 0.241 e. The van der Waals surface area contributed by atoms with Crippen molar-refractivity contribution in [3.05, 3.63) is 28.8 Å². The molecule has 1 amide bonds. The number of benzene rings is 1. The van der Waals surface area contributed by atoms with Gasteiger partial charge in [0, 0.05) is 26.2 Å². The van der Waals surface area contributed by atoms with E-state index >= 15 is 0 Å². The molecule has 0 unspecified atom stereocenters. The van der Waals surface area contributed by atoms with Crippen LogP contribution in [0.3, 0.4) is 0 Å². The quantitative estimate of drug-likeness (QED) is 0.918. The molecule has 0 bridgehead atoms. The van der Waals surface area contributed by atoms with Gasteiger partial charge >= 0.3 is 0 Å². The number of rotatable bonds is 3. The molecule has 0 atom stereocenters. The number of hydrogen-bond donors (Lipinski definition) is 1. The number of nitrogens with one attached hydrogen (secondary N) is 1. The van der Waals surface area contributed by atoms with Crippen molar-refractivity contribution in [1.82, 2.24) is 9.80 Å². The molecule has 1 fully saturated rings. The van der Waals surface area contributed by atoms with Crippen molar-refractivity contribution < 1.29 is 4.79 Å². The lowest BCUT2D eigenvalue weighted by Gasteiger charge is -2.32. The minimum absolute atomic E-state index is 0.129. The Bertz CT molecular complexity index is 456. The maximum atomic E-state index is 12.1. The van der Waals surface area contributed by atoms with Gasteiger partial charge in [0.25, 0.3) is 0 Å². The molecule has 1 aromatic carbocycles. The van der Waals surface area contributed by atoms with Crippen LogP contribution in [0.15, 0.2) is 18.2 Å². The molecule has 104 valence electrons. The molecule has 19 heavy (non-hydrogen) atoms. The first-order valence-corrected chi connectivity index (χ1v) is 6.90. The van der Waals surface area contributed by atoms with Crippen LogP contribution in [0.25, 0.3) is 0 Å². The summed E-state index contributed by atoms with van der Waals surface area (Å²) >= 11 is 6.12. The predicted octanol–water partition coefficient (Wildman–Crippen LogP) is 1.83. The van der Waals surface area contributed by atoms with E-state index < -0.39 is 0 Å². The van der Waals surface area contributed by atoms with Crippen LogP contribution in [0, 0.1) is 6.92 Å². The number of carbonyl (C=O) groups is 1. The van der Waals surface area contributed by atoms with E-state index in [0.717, 1.165) is 37.4 Å². The topological polar surface area (TPSA) is 35.6 Å². The van der Waals surface area contributed by atoms with Gasteiger partial charge in [0.15, 0.2) is 0 Å². The van der Waals surface area contributed by atoms with E-state index in [2.05, 4.69) is 17.3 Å². The van der Waals surface area contributed by atoms with Gasteiger partial charge < -0.3 is 15.1 Å². The highest BCUT2D eigenvalue weighted by atomic mass is 35.5. The van der Waals surface area contributed by atoms with Gasteiger partial charge in [-0.3, -0.25) is 4.79 Å². The second kappa shape index (κ2) is 6.26. The maximum absolute atomic E-state index is 12.1. The highest BCUT2D eigenvalue weighted by Gasteiger charge is 2.18. The number of piperazine rings is 1. The van der Waals surface area contributed by atoms with Gasteiger partial charge in [-0.25, -0.2) is 0 Å². The normalized spacial score (nSPS) is 16.5. The van der Waals surface area contributed by atoms with E-state index in [1.165, 1.54) is 0 Å². The number of nitrogens with zero attached hydrogens (tertiary/aromatic N) is 2. The van der Waals surface area contributed by atoms with Crippen molar-refractivity contribution in [3.63, 3.8) is 0 Å². The second-order valence-corrected chi connectivity index (χ2v) is 5.43. The predicted molar refractivity (Wildman–Crippen MR) is 78.8 cm³/mol. The highest BCUT2D eigenvalue weighted by Crippen LogP contribution is 2.22. The molecule has 1 heterocycles. The first kappa shape index (κ1) is 14.2. The fourth-order valence-corrected chi connectivity index (χ4v) is 2.40. The molecule has 0 aromatic heterocycles. The van der Waals surface area contributed by atoms with Crippen LogP contribution in [-0.4, -0.2) is 55.5 Å². The largest absolute Gasteiger partial charge is 0.375 e. The number of carbonyl (C=O) groups excluding carboxylic acids is 1. The van der Waals surface area contributed by atoms with Crippen molar-refractivity contribution in [2.75, 3.05) is 45.1 Å². The van der Waals surface area contributed by atoms with Crippen LogP contribution in [0.4, 0.5) is 5.69 Å². The minimum Gasteiger partial charge on any atom is -0.375 e. The summed E-state index contributed by atoms with van der Waals surface area (Å²) in [7, 11) is 2.08. The zero-order valence-corrected chi connectivity index (χ0v) is 12.2. The van der Waals surface area contributed by atoms with Gasteiger partial charge in [0.05, 0.1) is 17.3 Å². The molecule has 1 aliphatic heterocycles. The Labute approximate surface area is 119 Å². The SMILES string of the molecule is Cc1ccc(NCC(=O)N2CCN(C)CC2)c(Cl)c1. The van der Waals surface area contributed by atoms with Gasteiger partial charge in [-0.05, 0) is 31.7 Å². The number of aryl methyl sites for hydroxylation is 1. The molecule has 0 aliphatic carbocycles. The molecule has 1 N–H and O–H groups in total. The molecule has 0 saturated carbocycles. The Kier molecular flexibility index (Phi) is 4.66. The lowest BCUT2D eigenvalue weighted by molar-refractivity contribution is -0.130. The molecule has 1 aliphatic rings. The van der Waals surface area contributed by atoms with E-state index in [1.54, 1.807) is 0 Å². The Morgan fingerprint density at radius 1 is 1.32 bits per heavy atom. The Hall–Kier alpha value is -1.26. The monoisotopic (exact) mass is 281 g/mol. The molecule has 0 radical (unpaired) electrons. The zero-order valence-electron chi connectivity index (χ0n) is 11.4. The van der Waals surface area contributed by atoms with E-state index in [9.17, 15) is 4.79 Å². The standard InChI is InChI=1S/C14H20ClN3O/c1-11-3-4-13(12(15)9-11)16-10-14(19)18-7-5-17(2)6-8-18/h3-4,9,16H,5-8,10H2,1-2H3. The Morgan fingerprint density at radius 2 is 2.00 bits per heavy atom. The Morgan fingerprint density at radius 3 is 2.63 bits per heavy atom. The molecular weight excluding hydrogens is 262 g/mol. The number of halogens is 1. The van der Waals surface area contributed by atoms with E-state index in [-0.39, 0.29) is 5.91 Å². The van der Waals surface area contributed by atoms with Crippen LogP contribution in [0.2, 0.25) is 5.02 Å². The highest BCUT2D eigenvalue weighted by molar-refractivity contribution is 6.33. The zero-order chi connectivity index (χ0) is 13.8. The van der Waals surface area contributed by atoms with Gasteiger partial charge in [-0.1, -0.05) is 17.7 Å². The van der Waals surface area contributed by atoms with Crippen LogP contribution in [0.5, 0.6) is 0 Å². The molecular formula is C14H20ClN3O. The first-order chi connectivity index (χ1) is 9.06. The van der Waals surface area contributed by atoms with Crippen LogP contribution < -0.4 is 5.32 Å². The summed E-state index contributed by atoms with van der Waals surface area (Å²) in [6, 6.07) is 5.79. The number of likely N-dealkylation sites (N-methyl/N-ethyl adjacent to an activating group) is 1. The summed E-state index contributed by atoms with van der Waals surface area (Å²) in [5.74, 6) is 0.129. The smallest absolute Gasteiger partial charge is 0.241 e. The molecule has 2 rings (SSSR count).